The van der Waals surface area contributed by atoms with Crippen molar-refractivity contribution < 1.29 is 0 Å². The quantitative estimate of drug-likeness (QED) is 0.138. The number of nitrogens with zero attached hydrogens (tertiary/aromatic N) is 3. The van der Waals surface area contributed by atoms with Crippen LogP contribution in [0.4, 0.5) is 0 Å². The van der Waals surface area contributed by atoms with Gasteiger partial charge in [-0.2, -0.15) is 0 Å². The second kappa shape index (κ2) is 18.1. The van der Waals surface area contributed by atoms with Gasteiger partial charge in [0.05, 0.1) is 0 Å². The van der Waals surface area contributed by atoms with E-state index in [0.717, 1.165) is 77.9 Å². The Morgan fingerprint density at radius 3 is 0.697 bits per heavy atom. The number of aromatic nitrogens is 3. The van der Waals surface area contributed by atoms with Crippen molar-refractivity contribution in [2.75, 3.05) is 0 Å². The topological polar surface area (TPSA) is 38.7 Å². The standard InChI is InChI=1S/C63H43N3/c1-8-24-44(25-9-1)51-38-22-40-53(42-51)62-64-61(50-36-20-7-21-37-50)65-63(66-62)54-41-23-39-52(43-54)60-58(48-32-16-5-17-33-48)56(46-28-12-3-13-29-46)55(45-26-10-2-11-27-45)57(47-30-14-4-15-31-47)59(60)49-34-18-6-19-35-49/h1-43H. The molecular formula is C63H43N3. The molecule has 0 spiro atoms. The molecule has 0 N–H and O–H groups in total. The molecular weight excluding hydrogens is 799 g/mol. The molecule has 0 saturated heterocycles. The van der Waals surface area contributed by atoms with Crippen LogP contribution in [-0.4, -0.2) is 15.0 Å². The zero-order valence-electron chi connectivity index (χ0n) is 36.2. The van der Waals surface area contributed by atoms with Crippen LogP contribution in [-0.2, 0) is 0 Å². The monoisotopic (exact) mass is 841 g/mol. The van der Waals surface area contributed by atoms with Gasteiger partial charge in [-0.15, -0.1) is 0 Å². The molecule has 0 atom stereocenters. The van der Waals surface area contributed by atoms with Crippen molar-refractivity contribution in [1.82, 2.24) is 15.0 Å². The highest BCUT2D eigenvalue weighted by atomic mass is 15.0. The van der Waals surface area contributed by atoms with Crippen LogP contribution in [0.15, 0.2) is 261 Å². The summed E-state index contributed by atoms with van der Waals surface area (Å²) in [5.74, 6) is 1.83. The number of rotatable bonds is 10. The minimum Gasteiger partial charge on any atom is -0.208 e. The molecule has 1 aromatic heterocycles. The molecule has 0 aliphatic rings. The van der Waals surface area contributed by atoms with Crippen LogP contribution >= 0.6 is 0 Å². The van der Waals surface area contributed by atoms with Crippen molar-refractivity contribution in [3.8, 4) is 112 Å². The van der Waals surface area contributed by atoms with Crippen LogP contribution in [0.25, 0.3) is 112 Å². The van der Waals surface area contributed by atoms with E-state index in [2.05, 4.69) is 237 Å². The fourth-order valence-corrected chi connectivity index (χ4v) is 9.14. The van der Waals surface area contributed by atoms with E-state index in [1.165, 1.54) is 16.7 Å². The van der Waals surface area contributed by atoms with Crippen LogP contribution in [0.5, 0.6) is 0 Å². The summed E-state index contributed by atoms with van der Waals surface area (Å²) in [6.45, 7) is 0. The van der Waals surface area contributed by atoms with Gasteiger partial charge in [0.2, 0.25) is 0 Å². The molecule has 0 amide bonds. The largest absolute Gasteiger partial charge is 0.208 e. The molecule has 0 unspecified atom stereocenters. The van der Waals surface area contributed by atoms with Gasteiger partial charge in [-0.05, 0) is 90.0 Å². The van der Waals surface area contributed by atoms with Crippen LogP contribution in [0.3, 0.4) is 0 Å². The van der Waals surface area contributed by atoms with Gasteiger partial charge < -0.3 is 0 Å². The van der Waals surface area contributed by atoms with Crippen molar-refractivity contribution in [2.45, 2.75) is 0 Å². The Balaban J connectivity index is 1.24. The predicted octanol–water partition coefficient (Wildman–Crippen LogP) is 16.5. The van der Waals surface area contributed by atoms with E-state index in [-0.39, 0.29) is 0 Å². The van der Waals surface area contributed by atoms with Gasteiger partial charge in [-0.1, -0.05) is 249 Å². The zero-order chi connectivity index (χ0) is 44.1. The smallest absolute Gasteiger partial charge is 0.164 e. The molecule has 11 aromatic rings. The lowest BCUT2D eigenvalue weighted by molar-refractivity contribution is 1.07. The minimum absolute atomic E-state index is 0.598. The number of benzene rings is 10. The Kier molecular flexibility index (Phi) is 11.0. The fourth-order valence-electron chi connectivity index (χ4n) is 9.14. The highest BCUT2D eigenvalue weighted by Crippen LogP contribution is 2.56. The number of hydrogen-bond donors (Lipinski definition) is 0. The average Bonchev–Trinajstić information content (AvgIpc) is 3.41. The second-order valence-electron chi connectivity index (χ2n) is 16.3. The van der Waals surface area contributed by atoms with Crippen molar-refractivity contribution >= 4 is 0 Å². The third kappa shape index (κ3) is 7.91. The van der Waals surface area contributed by atoms with E-state index in [4.69, 9.17) is 15.0 Å². The maximum Gasteiger partial charge on any atom is 0.164 e. The lowest BCUT2D eigenvalue weighted by Crippen LogP contribution is -2.03. The molecule has 310 valence electrons. The summed E-state index contributed by atoms with van der Waals surface area (Å²) in [4.78, 5) is 15.7. The van der Waals surface area contributed by atoms with E-state index in [1.807, 2.05) is 24.3 Å². The van der Waals surface area contributed by atoms with Crippen molar-refractivity contribution in [3.05, 3.63) is 261 Å². The van der Waals surface area contributed by atoms with Gasteiger partial charge in [-0.25, -0.2) is 15.0 Å². The molecule has 0 aliphatic heterocycles. The molecule has 0 saturated carbocycles. The normalized spacial score (nSPS) is 11.0. The van der Waals surface area contributed by atoms with Crippen LogP contribution in [0.1, 0.15) is 0 Å². The Bertz CT molecular complexity index is 3310. The lowest BCUT2D eigenvalue weighted by Gasteiger charge is -2.29. The lowest BCUT2D eigenvalue weighted by atomic mass is 9.74. The van der Waals surface area contributed by atoms with E-state index in [1.54, 1.807) is 0 Å². The zero-order valence-corrected chi connectivity index (χ0v) is 36.2. The van der Waals surface area contributed by atoms with Gasteiger partial charge in [0.25, 0.3) is 0 Å². The molecule has 0 aliphatic carbocycles. The van der Waals surface area contributed by atoms with Crippen molar-refractivity contribution in [3.63, 3.8) is 0 Å². The van der Waals surface area contributed by atoms with Crippen molar-refractivity contribution in [2.24, 2.45) is 0 Å². The Hall–Kier alpha value is -8.79. The van der Waals surface area contributed by atoms with Crippen molar-refractivity contribution in [1.29, 1.82) is 0 Å². The molecule has 0 fully saturated rings. The summed E-state index contributed by atoms with van der Waals surface area (Å²) >= 11 is 0. The molecule has 11 rings (SSSR count). The third-order valence-electron chi connectivity index (χ3n) is 12.1. The van der Waals surface area contributed by atoms with Gasteiger partial charge in [0.15, 0.2) is 17.5 Å². The first-order valence-electron chi connectivity index (χ1n) is 22.4. The maximum atomic E-state index is 5.29. The fraction of sp³-hybridized carbons (Fsp3) is 0. The predicted molar refractivity (Wildman–Crippen MR) is 274 cm³/mol. The van der Waals surface area contributed by atoms with Crippen LogP contribution in [0.2, 0.25) is 0 Å². The SMILES string of the molecule is c1ccc(-c2cccc(-c3nc(-c4ccccc4)nc(-c4cccc(-c5c(-c6ccccc6)c(-c6ccccc6)c(-c6ccccc6)c(-c6ccccc6)c5-c5ccccc5)c4)n3)c2)cc1. The molecule has 0 radical (unpaired) electrons. The summed E-state index contributed by atoms with van der Waals surface area (Å²) < 4.78 is 0. The van der Waals surface area contributed by atoms with Gasteiger partial charge >= 0.3 is 0 Å². The molecule has 3 nitrogen and oxygen atoms in total. The Labute approximate surface area is 386 Å². The third-order valence-corrected chi connectivity index (χ3v) is 12.1. The first-order chi connectivity index (χ1) is 32.8. The summed E-state index contributed by atoms with van der Waals surface area (Å²) in [6, 6.07) is 92.2. The highest BCUT2D eigenvalue weighted by Gasteiger charge is 2.29. The highest BCUT2D eigenvalue weighted by molar-refractivity contribution is 6.15. The first kappa shape index (κ1) is 40.0. The van der Waals surface area contributed by atoms with Gasteiger partial charge in [0.1, 0.15) is 0 Å². The minimum atomic E-state index is 0.598. The summed E-state index contributed by atoms with van der Waals surface area (Å²) in [5.41, 5.74) is 18.6. The molecule has 3 heteroatoms. The van der Waals surface area contributed by atoms with E-state index < -0.39 is 0 Å². The van der Waals surface area contributed by atoms with Gasteiger partial charge in [0, 0.05) is 16.7 Å². The second-order valence-corrected chi connectivity index (χ2v) is 16.3. The molecule has 10 aromatic carbocycles. The molecule has 0 bridgehead atoms. The van der Waals surface area contributed by atoms with Crippen LogP contribution in [0, 0.1) is 0 Å². The summed E-state index contributed by atoms with van der Waals surface area (Å²) in [5, 5.41) is 0. The van der Waals surface area contributed by atoms with Gasteiger partial charge in [-0.3, -0.25) is 0 Å². The maximum absolute atomic E-state index is 5.29. The van der Waals surface area contributed by atoms with E-state index >= 15 is 0 Å². The summed E-state index contributed by atoms with van der Waals surface area (Å²) in [6.07, 6.45) is 0. The van der Waals surface area contributed by atoms with E-state index in [0.29, 0.717) is 17.5 Å². The average molecular weight is 842 g/mol. The Morgan fingerprint density at radius 2 is 0.364 bits per heavy atom. The number of hydrogen-bond acceptors (Lipinski definition) is 3. The first-order valence-corrected chi connectivity index (χ1v) is 22.4. The Morgan fingerprint density at radius 1 is 0.152 bits per heavy atom. The van der Waals surface area contributed by atoms with E-state index in [9.17, 15) is 0 Å². The molecule has 1 heterocycles. The molecule has 66 heavy (non-hydrogen) atoms. The van der Waals surface area contributed by atoms with Crippen LogP contribution < -0.4 is 0 Å². The summed E-state index contributed by atoms with van der Waals surface area (Å²) in [7, 11) is 0.